The van der Waals surface area contributed by atoms with Gasteiger partial charge in [-0.1, -0.05) is 32.9 Å². The van der Waals surface area contributed by atoms with Gasteiger partial charge in [-0.25, -0.2) is 0 Å². The minimum absolute atomic E-state index is 0.718. The van der Waals surface area contributed by atoms with Crippen molar-refractivity contribution in [3.63, 3.8) is 0 Å². The average Bonchev–Trinajstić information content (AvgIpc) is 2.16. The fraction of sp³-hybridized carbons (Fsp3) is 0.846. The van der Waals surface area contributed by atoms with E-state index >= 15 is 0 Å². The molecule has 0 amide bonds. The topological polar surface area (TPSA) is 15.3 Å². The molecule has 90 valence electrons. The lowest BCUT2D eigenvalue weighted by Crippen LogP contribution is -2.34. The van der Waals surface area contributed by atoms with Crippen LogP contribution < -0.4 is 5.32 Å². The zero-order valence-electron chi connectivity index (χ0n) is 11.0. The van der Waals surface area contributed by atoms with Gasteiger partial charge in [-0.3, -0.25) is 4.90 Å². The van der Waals surface area contributed by atoms with Gasteiger partial charge < -0.3 is 5.32 Å². The van der Waals surface area contributed by atoms with Crippen molar-refractivity contribution < 1.29 is 0 Å². The first kappa shape index (κ1) is 14.7. The molecule has 1 N–H and O–H groups in total. The molecule has 0 saturated heterocycles. The lowest BCUT2D eigenvalue weighted by atomic mass is 10.1. The van der Waals surface area contributed by atoms with E-state index < -0.39 is 0 Å². The highest BCUT2D eigenvalue weighted by molar-refractivity contribution is 4.91. The molecule has 0 saturated carbocycles. The predicted octanol–water partition coefficient (Wildman–Crippen LogP) is 2.52. The summed E-state index contributed by atoms with van der Waals surface area (Å²) < 4.78 is 0. The Morgan fingerprint density at radius 3 is 2.53 bits per heavy atom. The third-order valence-electron chi connectivity index (χ3n) is 2.43. The van der Waals surface area contributed by atoms with Crippen molar-refractivity contribution >= 4 is 0 Å². The molecule has 2 heteroatoms. The molecule has 1 unspecified atom stereocenters. The second-order valence-corrected chi connectivity index (χ2v) is 4.59. The van der Waals surface area contributed by atoms with Crippen LogP contribution in [0, 0.1) is 5.92 Å². The van der Waals surface area contributed by atoms with E-state index in [1.54, 1.807) is 0 Å². The van der Waals surface area contributed by atoms with Crippen LogP contribution in [0.15, 0.2) is 12.2 Å². The fourth-order valence-corrected chi connectivity index (χ4v) is 1.72. The molecule has 0 bridgehead atoms. The largest absolute Gasteiger partial charge is 0.316 e. The number of hydrogen-bond donors (Lipinski definition) is 1. The van der Waals surface area contributed by atoms with Gasteiger partial charge >= 0.3 is 0 Å². The van der Waals surface area contributed by atoms with Gasteiger partial charge in [0.1, 0.15) is 0 Å². The molecule has 15 heavy (non-hydrogen) atoms. The van der Waals surface area contributed by atoms with Crippen LogP contribution in [0.25, 0.3) is 0 Å². The SMILES string of the molecule is C=C(C)CN(CC)CC(C)CNCCC. The molecule has 2 nitrogen and oxygen atoms in total. The van der Waals surface area contributed by atoms with E-state index in [-0.39, 0.29) is 0 Å². The van der Waals surface area contributed by atoms with Gasteiger partial charge in [-0.15, -0.1) is 0 Å². The summed E-state index contributed by atoms with van der Waals surface area (Å²) in [6.07, 6.45) is 1.22. The van der Waals surface area contributed by atoms with Gasteiger partial charge in [0.2, 0.25) is 0 Å². The van der Waals surface area contributed by atoms with Crippen molar-refractivity contribution in [3.05, 3.63) is 12.2 Å². The number of hydrogen-bond acceptors (Lipinski definition) is 2. The molecule has 0 aliphatic rings. The van der Waals surface area contributed by atoms with Gasteiger partial charge in [-0.2, -0.15) is 0 Å². The maximum Gasteiger partial charge on any atom is 0.0187 e. The van der Waals surface area contributed by atoms with Crippen LogP contribution in [0.2, 0.25) is 0 Å². The van der Waals surface area contributed by atoms with Crippen LogP contribution in [-0.2, 0) is 0 Å². The smallest absolute Gasteiger partial charge is 0.0187 e. The molecule has 0 heterocycles. The van der Waals surface area contributed by atoms with Crippen LogP contribution in [0.3, 0.4) is 0 Å². The Morgan fingerprint density at radius 1 is 1.40 bits per heavy atom. The molecule has 0 spiro atoms. The maximum atomic E-state index is 3.97. The van der Waals surface area contributed by atoms with E-state index in [4.69, 9.17) is 0 Å². The number of nitrogens with one attached hydrogen (secondary N) is 1. The summed E-state index contributed by atoms with van der Waals surface area (Å²) in [5, 5.41) is 3.47. The highest BCUT2D eigenvalue weighted by Crippen LogP contribution is 2.01. The second kappa shape index (κ2) is 8.93. The molecule has 0 radical (unpaired) electrons. The molecule has 1 atom stereocenters. The Kier molecular flexibility index (Phi) is 8.73. The van der Waals surface area contributed by atoms with Crippen LogP contribution in [0.4, 0.5) is 0 Å². The first-order chi connectivity index (χ1) is 7.10. The maximum absolute atomic E-state index is 3.97. The van der Waals surface area contributed by atoms with E-state index in [1.165, 1.54) is 18.5 Å². The predicted molar refractivity (Wildman–Crippen MR) is 69.3 cm³/mol. The highest BCUT2D eigenvalue weighted by Gasteiger charge is 2.07. The second-order valence-electron chi connectivity index (χ2n) is 4.59. The van der Waals surface area contributed by atoms with Crippen molar-refractivity contribution in [1.29, 1.82) is 0 Å². The van der Waals surface area contributed by atoms with Gasteiger partial charge in [0.05, 0.1) is 0 Å². The summed E-state index contributed by atoms with van der Waals surface area (Å²) in [6, 6.07) is 0. The Labute approximate surface area is 95.7 Å². The summed E-state index contributed by atoms with van der Waals surface area (Å²) in [4.78, 5) is 2.46. The molecule has 0 fully saturated rings. The van der Waals surface area contributed by atoms with E-state index in [0.29, 0.717) is 0 Å². The first-order valence-corrected chi connectivity index (χ1v) is 6.17. The zero-order chi connectivity index (χ0) is 11.7. The van der Waals surface area contributed by atoms with E-state index in [1.807, 2.05) is 0 Å². The van der Waals surface area contributed by atoms with Crippen molar-refractivity contribution in [2.45, 2.75) is 34.1 Å². The molecule has 0 aromatic heterocycles. The van der Waals surface area contributed by atoms with Crippen molar-refractivity contribution in [1.82, 2.24) is 10.2 Å². The summed E-state index contributed by atoms with van der Waals surface area (Å²) in [5.74, 6) is 0.718. The summed E-state index contributed by atoms with van der Waals surface area (Å²) >= 11 is 0. The van der Waals surface area contributed by atoms with Crippen LogP contribution >= 0.6 is 0 Å². The minimum Gasteiger partial charge on any atom is -0.316 e. The van der Waals surface area contributed by atoms with Crippen LogP contribution in [-0.4, -0.2) is 37.6 Å². The van der Waals surface area contributed by atoms with Gasteiger partial charge in [0.15, 0.2) is 0 Å². The van der Waals surface area contributed by atoms with Gasteiger partial charge in [-0.05, 0) is 38.9 Å². The molecule has 0 rings (SSSR count). The van der Waals surface area contributed by atoms with Crippen molar-refractivity contribution in [3.8, 4) is 0 Å². The lowest BCUT2D eigenvalue weighted by molar-refractivity contribution is 0.264. The minimum atomic E-state index is 0.718. The van der Waals surface area contributed by atoms with E-state index in [2.05, 4.69) is 44.5 Å². The van der Waals surface area contributed by atoms with Crippen LogP contribution in [0.1, 0.15) is 34.1 Å². The normalized spacial score (nSPS) is 13.1. The molecule has 0 aromatic carbocycles. The number of nitrogens with zero attached hydrogens (tertiary/aromatic N) is 1. The van der Waals surface area contributed by atoms with Crippen molar-refractivity contribution in [2.24, 2.45) is 5.92 Å². The number of likely N-dealkylation sites (N-methyl/N-ethyl adjacent to an activating group) is 1. The Morgan fingerprint density at radius 2 is 2.07 bits per heavy atom. The van der Waals surface area contributed by atoms with Gasteiger partial charge in [0, 0.05) is 13.1 Å². The lowest BCUT2D eigenvalue weighted by Gasteiger charge is -2.24. The Balaban J connectivity index is 3.69. The first-order valence-electron chi connectivity index (χ1n) is 6.17. The third-order valence-corrected chi connectivity index (χ3v) is 2.43. The molecular weight excluding hydrogens is 184 g/mol. The number of rotatable bonds is 9. The average molecular weight is 212 g/mol. The summed E-state index contributed by atoms with van der Waals surface area (Å²) in [5.41, 5.74) is 1.26. The van der Waals surface area contributed by atoms with E-state index in [9.17, 15) is 0 Å². The molecular formula is C13H28N2. The summed E-state index contributed by atoms with van der Waals surface area (Å²) in [6.45, 7) is 18.4. The monoisotopic (exact) mass is 212 g/mol. The quantitative estimate of drug-likeness (QED) is 0.467. The van der Waals surface area contributed by atoms with Gasteiger partial charge in [0.25, 0.3) is 0 Å². The zero-order valence-corrected chi connectivity index (χ0v) is 11.0. The van der Waals surface area contributed by atoms with Crippen molar-refractivity contribution in [2.75, 3.05) is 32.7 Å². The Bertz CT molecular complexity index is 166. The summed E-state index contributed by atoms with van der Waals surface area (Å²) in [7, 11) is 0. The highest BCUT2D eigenvalue weighted by atomic mass is 15.1. The fourth-order valence-electron chi connectivity index (χ4n) is 1.72. The standard InChI is InChI=1S/C13H28N2/c1-6-8-14-9-13(5)11-15(7-2)10-12(3)4/h13-14H,3,6-11H2,1-2,4-5H3. The third kappa shape index (κ3) is 8.64. The van der Waals surface area contributed by atoms with Crippen LogP contribution in [0.5, 0.6) is 0 Å². The Hall–Kier alpha value is -0.340. The van der Waals surface area contributed by atoms with E-state index in [0.717, 1.165) is 32.1 Å². The molecule has 0 aliphatic heterocycles. The molecule has 0 aliphatic carbocycles. The molecule has 0 aromatic rings.